The van der Waals surface area contributed by atoms with Crippen molar-refractivity contribution in [1.29, 1.82) is 0 Å². The van der Waals surface area contributed by atoms with Crippen LogP contribution in [0, 0.1) is 6.92 Å². The van der Waals surface area contributed by atoms with E-state index in [9.17, 15) is 13.5 Å². The predicted octanol–water partition coefficient (Wildman–Crippen LogP) is 2.30. The molecule has 0 unspecified atom stereocenters. The Hall–Kier alpha value is -1.69. The van der Waals surface area contributed by atoms with Gasteiger partial charge in [0.05, 0.1) is 17.6 Å². The summed E-state index contributed by atoms with van der Waals surface area (Å²) in [4.78, 5) is 0.0972. The molecule has 4 nitrogen and oxygen atoms in total. The molecule has 112 valence electrons. The fraction of sp³-hybridized carbons (Fsp3) is 0.250. The van der Waals surface area contributed by atoms with Gasteiger partial charge in [0.15, 0.2) is 0 Å². The summed E-state index contributed by atoms with van der Waals surface area (Å²) in [6.07, 6.45) is -0.516. The number of rotatable bonds is 6. The number of hydrogen-bond acceptors (Lipinski definition) is 4. The topological polar surface area (TPSA) is 63.6 Å². The van der Waals surface area contributed by atoms with Crippen LogP contribution in [0.15, 0.2) is 59.5 Å². The molecule has 0 heterocycles. The van der Waals surface area contributed by atoms with E-state index in [1.54, 1.807) is 12.1 Å². The number of aryl methyl sites for hydroxylation is 1. The summed E-state index contributed by atoms with van der Waals surface area (Å²) < 4.78 is 28.8. The van der Waals surface area contributed by atoms with Crippen LogP contribution in [-0.2, 0) is 20.7 Å². The lowest BCUT2D eigenvalue weighted by Crippen LogP contribution is -2.21. The van der Waals surface area contributed by atoms with Gasteiger partial charge in [-0.1, -0.05) is 48.0 Å². The van der Waals surface area contributed by atoms with Crippen molar-refractivity contribution < 1.29 is 17.7 Å². The molecule has 0 aliphatic carbocycles. The van der Waals surface area contributed by atoms with Gasteiger partial charge in [0, 0.05) is 6.42 Å². The Morgan fingerprint density at radius 1 is 1.05 bits per heavy atom. The van der Waals surface area contributed by atoms with Crippen molar-refractivity contribution >= 4 is 10.1 Å². The van der Waals surface area contributed by atoms with Gasteiger partial charge in [0.25, 0.3) is 10.1 Å². The summed E-state index contributed by atoms with van der Waals surface area (Å²) in [5.41, 5.74) is 1.90. The summed E-state index contributed by atoms with van der Waals surface area (Å²) >= 11 is 0. The monoisotopic (exact) mass is 306 g/mol. The van der Waals surface area contributed by atoms with E-state index in [1.165, 1.54) is 12.1 Å². The zero-order valence-electron chi connectivity index (χ0n) is 11.8. The van der Waals surface area contributed by atoms with Gasteiger partial charge in [-0.15, -0.1) is 0 Å². The van der Waals surface area contributed by atoms with Crippen molar-refractivity contribution in [2.45, 2.75) is 24.3 Å². The second kappa shape index (κ2) is 6.85. The van der Waals surface area contributed by atoms with Crippen molar-refractivity contribution in [1.82, 2.24) is 0 Å². The Balaban J connectivity index is 1.94. The Bertz CT molecular complexity index is 663. The van der Waals surface area contributed by atoms with Crippen LogP contribution < -0.4 is 0 Å². The largest absolute Gasteiger partial charge is 0.390 e. The van der Waals surface area contributed by atoms with Crippen LogP contribution in [0.5, 0.6) is 0 Å². The fourth-order valence-corrected chi connectivity index (χ4v) is 2.83. The zero-order chi connectivity index (χ0) is 15.3. The Morgan fingerprint density at radius 3 is 2.29 bits per heavy atom. The third-order valence-corrected chi connectivity index (χ3v) is 4.34. The smallest absolute Gasteiger partial charge is 0.297 e. The van der Waals surface area contributed by atoms with Gasteiger partial charge in [-0.3, -0.25) is 4.18 Å². The van der Waals surface area contributed by atoms with Gasteiger partial charge in [-0.25, -0.2) is 0 Å². The first kappa shape index (κ1) is 15.7. The van der Waals surface area contributed by atoms with Crippen molar-refractivity contribution in [2.24, 2.45) is 0 Å². The molecule has 0 aromatic heterocycles. The first-order chi connectivity index (χ1) is 9.97. The maximum absolute atomic E-state index is 12.0. The van der Waals surface area contributed by atoms with E-state index in [0.717, 1.165) is 11.1 Å². The molecule has 2 rings (SSSR count). The lowest BCUT2D eigenvalue weighted by Gasteiger charge is -2.11. The predicted molar refractivity (Wildman–Crippen MR) is 80.5 cm³/mol. The lowest BCUT2D eigenvalue weighted by molar-refractivity contribution is 0.111. The highest BCUT2D eigenvalue weighted by atomic mass is 32.2. The summed E-state index contributed by atoms with van der Waals surface area (Å²) in [6, 6.07) is 15.8. The lowest BCUT2D eigenvalue weighted by atomic mass is 10.1. The molecule has 0 spiro atoms. The Morgan fingerprint density at radius 2 is 1.67 bits per heavy atom. The molecule has 1 N–H and O–H groups in total. The maximum Gasteiger partial charge on any atom is 0.297 e. The second-order valence-electron chi connectivity index (χ2n) is 4.90. The van der Waals surface area contributed by atoms with Crippen LogP contribution in [0.1, 0.15) is 11.1 Å². The molecule has 0 bridgehead atoms. The van der Waals surface area contributed by atoms with Gasteiger partial charge < -0.3 is 5.11 Å². The van der Waals surface area contributed by atoms with Crippen molar-refractivity contribution in [3.63, 3.8) is 0 Å². The van der Waals surface area contributed by atoms with Crippen molar-refractivity contribution in [3.8, 4) is 0 Å². The highest BCUT2D eigenvalue weighted by Crippen LogP contribution is 2.14. The zero-order valence-corrected chi connectivity index (χ0v) is 12.6. The molecule has 2 aromatic rings. The Labute approximate surface area is 125 Å². The molecular weight excluding hydrogens is 288 g/mol. The normalized spacial score (nSPS) is 13.0. The maximum atomic E-state index is 12.0. The fourth-order valence-electron chi connectivity index (χ4n) is 1.89. The summed E-state index contributed by atoms with van der Waals surface area (Å²) in [7, 11) is -3.82. The van der Waals surface area contributed by atoms with E-state index >= 15 is 0 Å². The molecule has 0 saturated carbocycles. The second-order valence-corrected chi connectivity index (χ2v) is 6.51. The van der Waals surface area contributed by atoms with E-state index in [0.29, 0.717) is 6.42 Å². The number of benzene rings is 2. The average Bonchev–Trinajstić information content (AvgIpc) is 2.47. The minimum absolute atomic E-state index is 0.0972. The molecule has 1 atom stereocenters. The number of aliphatic hydroxyl groups excluding tert-OH is 1. The Kier molecular flexibility index (Phi) is 5.12. The first-order valence-electron chi connectivity index (χ1n) is 6.65. The molecule has 5 heteroatoms. The minimum Gasteiger partial charge on any atom is -0.390 e. The van der Waals surface area contributed by atoms with E-state index in [-0.39, 0.29) is 11.5 Å². The van der Waals surface area contributed by atoms with Gasteiger partial charge in [0.2, 0.25) is 0 Å². The minimum atomic E-state index is -3.82. The van der Waals surface area contributed by atoms with Crippen LogP contribution in [0.2, 0.25) is 0 Å². The van der Waals surface area contributed by atoms with Crippen LogP contribution in [0.3, 0.4) is 0 Å². The molecule has 0 radical (unpaired) electrons. The van der Waals surface area contributed by atoms with Gasteiger partial charge in [0.1, 0.15) is 0 Å². The van der Waals surface area contributed by atoms with E-state index in [1.807, 2.05) is 37.3 Å². The highest BCUT2D eigenvalue weighted by Gasteiger charge is 2.17. The third kappa shape index (κ3) is 4.67. The average molecular weight is 306 g/mol. The molecule has 0 aliphatic heterocycles. The van der Waals surface area contributed by atoms with Crippen LogP contribution in [0.4, 0.5) is 0 Å². The van der Waals surface area contributed by atoms with Crippen LogP contribution in [0.25, 0.3) is 0 Å². The molecular formula is C16H18O4S. The highest BCUT2D eigenvalue weighted by molar-refractivity contribution is 7.86. The van der Waals surface area contributed by atoms with Gasteiger partial charge in [-0.05, 0) is 24.6 Å². The van der Waals surface area contributed by atoms with Gasteiger partial charge in [-0.2, -0.15) is 8.42 Å². The third-order valence-electron chi connectivity index (χ3n) is 3.04. The summed E-state index contributed by atoms with van der Waals surface area (Å²) in [5, 5.41) is 9.87. The molecule has 0 aliphatic rings. The van der Waals surface area contributed by atoms with Crippen molar-refractivity contribution in [3.05, 3.63) is 65.7 Å². The van der Waals surface area contributed by atoms with Crippen LogP contribution >= 0.6 is 0 Å². The quantitative estimate of drug-likeness (QED) is 0.832. The number of aliphatic hydroxyl groups is 1. The number of hydrogen-bond donors (Lipinski definition) is 1. The molecule has 0 fully saturated rings. The summed E-state index contributed by atoms with van der Waals surface area (Å²) in [6.45, 7) is 1.62. The molecule has 21 heavy (non-hydrogen) atoms. The molecule has 2 aromatic carbocycles. The molecule has 0 saturated heterocycles. The van der Waals surface area contributed by atoms with Crippen LogP contribution in [-0.4, -0.2) is 26.2 Å². The summed E-state index contributed by atoms with van der Waals surface area (Å²) in [5.74, 6) is 0. The van der Waals surface area contributed by atoms with E-state index in [2.05, 4.69) is 0 Å². The first-order valence-corrected chi connectivity index (χ1v) is 8.06. The van der Waals surface area contributed by atoms with E-state index in [4.69, 9.17) is 4.18 Å². The molecule has 0 amide bonds. The SMILES string of the molecule is Cc1ccc(S(=O)(=O)OC[C@H](O)Cc2ccccc2)cc1. The standard InChI is InChI=1S/C16H18O4S/c1-13-7-9-16(10-8-13)21(18,19)20-12-15(17)11-14-5-3-2-4-6-14/h2-10,15,17H,11-12H2,1H3/t15-/m1/s1. The van der Waals surface area contributed by atoms with E-state index < -0.39 is 16.2 Å². The van der Waals surface area contributed by atoms with Crippen molar-refractivity contribution in [2.75, 3.05) is 6.61 Å². The van der Waals surface area contributed by atoms with Gasteiger partial charge >= 0.3 is 0 Å².